The van der Waals surface area contributed by atoms with Crippen molar-refractivity contribution in [3.05, 3.63) is 90.3 Å². The lowest BCUT2D eigenvalue weighted by molar-refractivity contribution is 0.0850. The summed E-state index contributed by atoms with van der Waals surface area (Å²) in [6, 6.07) is 22.8. The molecule has 0 radical (unpaired) electrons. The molecule has 168 valence electrons. The van der Waals surface area contributed by atoms with E-state index in [9.17, 15) is 15.0 Å². The minimum Gasteiger partial charge on any atom is -0.508 e. The summed E-state index contributed by atoms with van der Waals surface area (Å²) in [6.45, 7) is 0.482. The van der Waals surface area contributed by atoms with Crippen LogP contribution in [0.5, 0.6) is 5.75 Å². The molecular weight excluding hydrogens is 414 g/mol. The number of nitrogens with one attached hydrogen (secondary N) is 1. The zero-order valence-corrected chi connectivity index (χ0v) is 18.3. The lowest BCUT2D eigenvalue weighted by atomic mass is 9.68. The first-order valence-electron chi connectivity index (χ1n) is 11.3. The van der Waals surface area contributed by atoms with Gasteiger partial charge < -0.3 is 15.5 Å². The summed E-state index contributed by atoms with van der Waals surface area (Å²) in [5, 5.41) is 23.1. The van der Waals surface area contributed by atoms with E-state index in [2.05, 4.69) is 22.4 Å². The molecule has 2 aromatic heterocycles. The van der Waals surface area contributed by atoms with Gasteiger partial charge in [0.05, 0.1) is 11.6 Å². The smallest absolute Gasteiger partial charge is 0.272 e. The van der Waals surface area contributed by atoms with Crippen molar-refractivity contribution in [2.24, 2.45) is 0 Å². The van der Waals surface area contributed by atoms with Gasteiger partial charge in [-0.2, -0.15) is 0 Å². The molecule has 0 unspecified atom stereocenters. The predicted octanol–water partition coefficient (Wildman–Crippen LogP) is 4.31. The van der Waals surface area contributed by atoms with Crippen LogP contribution < -0.4 is 5.32 Å². The van der Waals surface area contributed by atoms with Crippen LogP contribution in [0.15, 0.2) is 79.0 Å². The van der Waals surface area contributed by atoms with E-state index in [1.165, 1.54) is 5.56 Å². The van der Waals surface area contributed by atoms with Crippen molar-refractivity contribution in [1.82, 2.24) is 14.7 Å². The number of aromatic hydroxyl groups is 1. The molecule has 1 fully saturated rings. The van der Waals surface area contributed by atoms with Gasteiger partial charge in [0.1, 0.15) is 11.6 Å². The Morgan fingerprint density at radius 2 is 1.79 bits per heavy atom. The first-order chi connectivity index (χ1) is 16.1. The Labute approximate surface area is 192 Å². The van der Waals surface area contributed by atoms with Crippen molar-refractivity contribution >= 4 is 11.4 Å². The van der Waals surface area contributed by atoms with Crippen molar-refractivity contribution < 1.29 is 15.0 Å². The van der Waals surface area contributed by atoms with E-state index in [1.54, 1.807) is 18.2 Å². The van der Waals surface area contributed by atoms with Gasteiger partial charge >= 0.3 is 0 Å². The summed E-state index contributed by atoms with van der Waals surface area (Å²) >= 11 is 0. The third-order valence-corrected chi connectivity index (χ3v) is 6.75. The number of amides is 1. The van der Waals surface area contributed by atoms with Gasteiger partial charge in [-0.1, -0.05) is 48.5 Å². The van der Waals surface area contributed by atoms with Gasteiger partial charge in [0.25, 0.3) is 5.91 Å². The van der Waals surface area contributed by atoms with E-state index in [0.717, 1.165) is 31.2 Å². The zero-order chi connectivity index (χ0) is 22.8. The van der Waals surface area contributed by atoms with Crippen LogP contribution in [0.2, 0.25) is 0 Å². The molecule has 4 aromatic rings. The van der Waals surface area contributed by atoms with E-state index in [-0.39, 0.29) is 23.2 Å². The van der Waals surface area contributed by atoms with Crippen LogP contribution in [0.25, 0.3) is 16.9 Å². The fourth-order valence-electron chi connectivity index (χ4n) is 4.90. The molecule has 1 saturated carbocycles. The second-order valence-electron chi connectivity index (χ2n) is 8.85. The van der Waals surface area contributed by atoms with E-state index in [4.69, 9.17) is 0 Å². The van der Waals surface area contributed by atoms with Gasteiger partial charge in [-0.05, 0) is 55.5 Å². The lowest BCUT2D eigenvalue weighted by Gasteiger charge is -2.39. The van der Waals surface area contributed by atoms with Gasteiger partial charge in [0, 0.05) is 23.7 Å². The molecule has 6 heteroatoms. The zero-order valence-electron chi connectivity index (χ0n) is 18.3. The SMILES string of the molecule is O=C(NCC1(c2ccccc2)CCC(O)CC1)c1nc(-c2cccc(O)c2)n2ccccc12. The summed E-state index contributed by atoms with van der Waals surface area (Å²) in [5.74, 6) is 0.521. The maximum atomic E-state index is 13.4. The Morgan fingerprint density at radius 1 is 1.03 bits per heavy atom. The van der Waals surface area contributed by atoms with Crippen LogP contribution in [-0.4, -0.2) is 38.2 Å². The average molecular weight is 442 g/mol. The molecule has 1 aliphatic rings. The molecule has 3 N–H and O–H groups in total. The third-order valence-electron chi connectivity index (χ3n) is 6.75. The van der Waals surface area contributed by atoms with E-state index in [0.29, 0.717) is 23.6 Å². The van der Waals surface area contributed by atoms with Gasteiger partial charge in [-0.15, -0.1) is 0 Å². The van der Waals surface area contributed by atoms with Crippen LogP contribution in [0.3, 0.4) is 0 Å². The number of carbonyl (C=O) groups is 1. The van der Waals surface area contributed by atoms with Crippen molar-refractivity contribution in [1.29, 1.82) is 0 Å². The summed E-state index contributed by atoms with van der Waals surface area (Å²) in [7, 11) is 0. The number of aromatic nitrogens is 2. The number of hydrogen-bond acceptors (Lipinski definition) is 4. The predicted molar refractivity (Wildman–Crippen MR) is 127 cm³/mol. The molecule has 0 atom stereocenters. The van der Waals surface area contributed by atoms with Crippen LogP contribution in [0.1, 0.15) is 41.7 Å². The fraction of sp³-hybridized carbons (Fsp3) is 0.259. The molecule has 1 aliphatic carbocycles. The average Bonchev–Trinajstić information content (AvgIpc) is 3.24. The molecule has 2 heterocycles. The van der Waals surface area contributed by atoms with Crippen molar-refractivity contribution in [3.8, 4) is 17.1 Å². The quantitative estimate of drug-likeness (QED) is 0.431. The molecule has 0 spiro atoms. The Bertz CT molecular complexity index is 1270. The first-order valence-corrected chi connectivity index (χ1v) is 11.3. The number of aliphatic hydroxyl groups excluding tert-OH is 1. The highest BCUT2D eigenvalue weighted by Gasteiger charge is 2.37. The molecule has 2 aromatic carbocycles. The van der Waals surface area contributed by atoms with Crippen molar-refractivity contribution in [3.63, 3.8) is 0 Å². The van der Waals surface area contributed by atoms with Gasteiger partial charge in [0.15, 0.2) is 5.69 Å². The molecule has 0 bridgehead atoms. The highest BCUT2D eigenvalue weighted by Crippen LogP contribution is 2.39. The summed E-state index contributed by atoms with van der Waals surface area (Å²) < 4.78 is 1.87. The van der Waals surface area contributed by atoms with Crippen LogP contribution in [-0.2, 0) is 5.41 Å². The van der Waals surface area contributed by atoms with Gasteiger partial charge in [-0.3, -0.25) is 9.20 Å². The van der Waals surface area contributed by atoms with Crippen LogP contribution in [0, 0.1) is 0 Å². The van der Waals surface area contributed by atoms with Gasteiger partial charge in [0.2, 0.25) is 0 Å². The topological polar surface area (TPSA) is 86.9 Å². The third kappa shape index (κ3) is 4.10. The number of imidazole rings is 1. The monoisotopic (exact) mass is 441 g/mol. The molecule has 33 heavy (non-hydrogen) atoms. The summed E-state index contributed by atoms with van der Waals surface area (Å²) in [4.78, 5) is 18.0. The number of aliphatic hydroxyl groups is 1. The number of rotatable bonds is 5. The number of benzene rings is 2. The number of pyridine rings is 1. The highest BCUT2D eigenvalue weighted by atomic mass is 16.3. The Kier molecular flexibility index (Phi) is 5.60. The standard InChI is InChI=1S/C27H27N3O3/c31-21-12-14-27(15-13-21,20-8-2-1-3-9-20)18-28-26(33)24-23-11-4-5-16-30(23)25(29-24)19-7-6-10-22(32)17-19/h1-11,16-17,21,31-32H,12-15,18H2,(H,28,33). The Morgan fingerprint density at radius 3 is 2.55 bits per heavy atom. The largest absolute Gasteiger partial charge is 0.508 e. The van der Waals surface area contributed by atoms with E-state index in [1.807, 2.05) is 53.1 Å². The second kappa shape index (κ2) is 8.71. The molecule has 1 amide bonds. The number of carbonyl (C=O) groups excluding carboxylic acids is 1. The second-order valence-corrected chi connectivity index (χ2v) is 8.85. The van der Waals surface area contributed by atoms with Crippen molar-refractivity contribution in [2.45, 2.75) is 37.2 Å². The first kappa shape index (κ1) is 21.2. The van der Waals surface area contributed by atoms with Crippen LogP contribution >= 0.6 is 0 Å². The number of hydrogen-bond donors (Lipinski definition) is 3. The summed E-state index contributed by atoms with van der Waals surface area (Å²) in [5.41, 5.74) is 2.78. The Balaban J connectivity index is 1.46. The van der Waals surface area contributed by atoms with Crippen molar-refractivity contribution in [2.75, 3.05) is 6.54 Å². The number of nitrogens with zero attached hydrogens (tertiary/aromatic N) is 2. The normalized spacial score (nSPS) is 20.6. The maximum Gasteiger partial charge on any atom is 0.272 e. The molecular formula is C27H27N3O3. The van der Waals surface area contributed by atoms with Crippen LogP contribution in [0.4, 0.5) is 0 Å². The molecule has 5 rings (SSSR count). The minimum atomic E-state index is -0.278. The van der Waals surface area contributed by atoms with E-state index >= 15 is 0 Å². The minimum absolute atomic E-state index is 0.149. The van der Waals surface area contributed by atoms with E-state index < -0.39 is 0 Å². The fourth-order valence-corrected chi connectivity index (χ4v) is 4.90. The highest BCUT2D eigenvalue weighted by molar-refractivity contribution is 6.00. The summed E-state index contributed by atoms with van der Waals surface area (Å²) in [6.07, 6.45) is 4.67. The molecule has 6 nitrogen and oxygen atoms in total. The maximum absolute atomic E-state index is 13.4. The van der Waals surface area contributed by atoms with Gasteiger partial charge in [-0.25, -0.2) is 4.98 Å². The number of phenols is 1. The molecule has 0 aliphatic heterocycles. The Hall–Kier alpha value is -3.64. The molecule has 0 saturated heterocycles. The number of phenolic OH excluding ortho intramolecular Hbond substituents is 1. The lowest BCUT2D eigenvalue weighted by Crippen LogP contribution is -2.44. The number of fused-ring (bicyclic) bond motifs is 1.